The number of benzene rings is 1. The maximum absolute atomic E-state index is 13.1. The fourth-order valence-electron chi connectivity index (χ4n) is 1.61. The third kappa shape index (κ3) is 3.07. The normalized spacial score (nSPS) is 12.1. The van der Waals surface area contributed by atoms with Crippen LogP contribution in [0, 0.1) is 5.82 Å². The number of carbonyl (C=O) groups excluding carboxylic acids is 1. The van der Waals surface area contributed by atoms with E-state index in [4.69, 9.17) is 5.73 Å². The lowest BCUT2D eigenvalue weighted by Crippen LogP contribution is -2.41. The Morgan fingerprint density at radius 2 is 2.05 bits per heavy atom. The van der Waals surface area contributed by atoms with Crippen LogP contribution in [0.15, 0.2) is 18.2 Å². The smallest absolute Gasteiger partial charge is 0.324 e. The highest BCUT2D eigenvalue weighted by molar-refractivity contribution is 7.21. The summed E-state index contributed by atoms with van der Waals surface area (Å²) in [6, 6.07) is 3.65. The predicted octanol–water partition coefficient (Wildman–Crippen LogP) is 3.25. The summed E-state index contributed by atoms with van der Waals surface area (Å²) >= 11 is 0.864. The number of amides is 1. The minimum atomic E-state index is -4.33. The first-order valence-electron chi connectivity index (χ1n) is 5.64. The Morgan fingerprint density at radius 3 is 2.67 bits per heavy atom. The van der Waals surface area contributed by atoms with Gasteiger partial charge in [0, 0.05) is 10.1 Å². The van der Waals surface area contributed by atoms with Gasteiger partial charge in [0.25, 0.3) is 5.91 Å². The SMILES string of the molecule is Nc1c(C(=O)NCC(F)(F)C(F)F)sc2ccc(F)cc12. The van der Waals surface area contributed by atoms with Crippen molar-refractivity contribution in [3.63, 3.8) is 0 Å². The number of hydrogen-bond acceptors (Lipinski definition) is 3. The molecule has 0 bridgehead atoms. The van der Waals surface area contributed by atoms with E-state index in [9.17, 15) is 26.7 Å². The highest BCUT2D eigenvalue weighted by atomic mass is 32.1. The van der Waals surface area contributed by atoms with Crippen LogP contribution in [0.3, 0.4) is 0 Å². The molecule has 0 aliphatic carbocycles. The van der Waals surface area contributed by atoms with Gasteiger partial charge in [0.15, 0.2) is 0 Å². The van der Waals surface area contributed by atoms with Gasteiger partial charge in [0.05, 0.1) is 12.2 Å². The number of fused-ring (bicyclic) bond motifs is 1. The van der Waals surface area contributed by atoms with Crippen LogP contribution in [-0.4, -0.2) is 24.8 Å². The van der Waals surface area contributed by atoms with Gasteiger partial charge >= 0.3 is 12.3 Å². The molecule has 0 saturated heterocycles. The van der Waals surface area contributed by atoms with Gasteiger partial charge in [-0.25, -0.2) is 13.2 Å². The Hall–Kier alpha value is -1.90. The summed E-state index contributed by atoms with van der Waals surface area (Å²) in [5.74, 6) is -5.90. The molecule has 0 aliphatic heterocycles. The van der Waals surface area contributed by atoms with E-state index in [0.717, 1.165) is 23.5 Å². The van der Waals surface area contributed by atoms with Gasteiger partial charge < -0.3 is 11.1 Å². The van der Waals surface area contributed by atoms with E-state index in [1.807, 2.05) is 0 Å². The number of alkyl halides is 4. The lowest BCUT2D eigenvalue weighted by atomic mass is 10.2. The average molecular weight is 324 g/mol. The monoisotopic (exact) mass is 324 g/mol. The zero-order valence-electron chi connectivity index (χ0n) is 10.3. The first-order valence-corrected chi connectivity index (χ1v) is 6.45. The lowest BCUT2D eigenvalue weighted by Gasteiger charge is -2.15. The van der Waals surface area contributed by atoms with E-state index in [1.54, 1.807) is 5.32 Å². The Kier molecular flexibility index (Phi) is 4.04. The molecular weight excluding hydrogens is 315 g/mol. The molecule has 9 heteroatoms. The average Bonchev–Trinajstić information content (AvgIpc) is 2.73. The number of nitrogen functional groups attached to an aromatic ring is 1. The van der Waals surface area contributed by atoms with Gasteiger partial charge in [-0.15, -0.1) is 11.3 Å². The summed E-state index contributed by atoms with van der Waals surface area (Å²) in [7, 11) is 0. The van der Waals surface area contributed by atoms with Crippen LogP contribution in [0.1, 0.15) is 9.67 Å². The molecule has 0 fully saturated rings. The van der Waals surface area contributed by atoms with E-state index in [0.29, 0.717) is 4.70 Å². The van der Waals surface area contributed by atoms with Crippen molar-refractivity contribution in [3.8, 4) is 0 Å². The van der Waals surface area contributed by atoms with E-state index in [1.165, 1.54) is 6.07 Å². The minimum absolute atomic E-state index is 0.0765. The van der Waals surface area contributed by atoms with E-state index < -0.39 is 30.6 Å². The number of nitrogens with two attached hydrogens (primary N) is 1. The summed E-state index contributed by atoms with van der Waals surface area (Å²) in [6.07, 6.45) is -3.88. The first kappa shape index (κ1) is 15.5. The number of anilines is 1. The van der Waals surface area contributed by atoms with Gasteiger partial charge in [0.1, 0.15) is 10.7 Å². The molecule has 1 aromatic carbocycles. The number of hydrogen-bond donors (Lipinski definition) is 2. The molecule has 21 heavy (non-hydrogen) atoms. The molecule has 2 rings (SSSR count). The number of rotatable bonds is 4. The van der Waals surface area contributed by atoms with Crippen molar-refractivity contribution in [2.24, 2.45) is 0 Å². The van der Waals surface area contributed by atoms with E-state index in [2.05, 4.69) is 0 Å². The molecular formula is C12H9F5N2OS. The van der Waals surface area contributed by atoms with Crippen molar-refractivity contribution in [1.29, 1.82) is 0 Å². The molecule has 1 aromatic heterocycles. The van der Waals surface area contributed by atoms with Gasteiger partial charge in [-0.05, 0) is 18.2 Å². The van der Waals surface area contributed by atoms with Crippen LogP contribution in [-0.2, 0) is 0 Å². The fraction of sp³-hybridized carbons (Fsp3) is 0.250. The van der Waals surface area contributed by atoms with Crippen molar-refractivity contribution in [1.82, 2.24) is 5.32 Å². The number of carbonyl (C=O) groups is 1. The third-order valence-electron chi connectivity index (χ3n) is 2.70. The van der Waals surface area contributed by atoms with Crippen molar-refractivity contribution in [2.45, 2.75) is 12.3 Å². The summed E-state index contributed by atoms with van der Waals surface area (Å²) < 4.78 is 63.0. The molecule has 2 aromatic rings. The largest absolute Gasteiger partial charge is 0.397 e. The van der Waals surface area contributed by atoms with E-state index >= 15 is 0 Å². The molecule has 114 valence electrons. The van der Waals surface area contributed by atoms with E-state index in [-0.39, 0.29) is 16.0 Å². The van der Waals surface area contributed by atoms with Gasteiger partial charge in [-0.1, -0.05) is 0 Å². The Labute approximate surface area is 119 Å². The lowest BCUT2D eigenvalue weighted by molar-refractivity contribution is -0.123. The quantitative estimate of drug-likeness (QED) is 0.848. The van der Waals surface area contributed by atoms with Crippen LogP contribution >= 0.6 is 11.3 Å². The predicted molar refractivity (Wildman–Crippen MR) is 69.5 cm³/mol. The zero-order chi connectivity index (χ0) is 15.8. The molecule has 1 heterocycles. The van der Waals surface area contributed by atoms with Gasteiger partial charge in [-0.2, -0.15) is 8.78 Å². The summed E-state index contributed by atoms with van der Waals surface area (Å²) in [5.41, 5.74) is 5.58. The van der Waals surface area contributed by atoms with Crippen LogP contribution in [0.5, 0.6) is 0 Å². The maximum Gasteiger partial charge on any atom is 0.324 e. The van der Waals surface area contributed by atoms with Crippen molar-refractivity contribution < 1.29 is 26.7 Å². The standard InChI is InChI=1S/C12H9F5N2OS/c13-5-1-2-7-6(3-5)8(18)9(21-7)10(20)19-4-12(16,17)11(14)15/h1-3,11H,4,18H2,(H,19,20). The Morgan fingerprint density at radius 1 is 1.38 bits per heavy atom. The second kappa shape index (κ2) is 5.47. The summed E-state index contributed by atoms with van der Waals surface area (Å²) in [4.78, 5) is 11.6. The molecule has 0 saturated carbocycles. The maximum atomic E-state index is 13.1. The molecule has 0 unspecified atom stereocenters. The second-order valence-corrected chi connectivity index (χ2v) is 5.28. The zero-order valence-corrected chi connectivity index (χ0v) is 11.1. The molecule has 3 nitrogen and oxygen atoms in total. The van der Waals surface area contributed by atoms with Crippen LogP contribution < -0.4 is 11.1 Å². The first-order chi connectivity index (χ1) is 9.72. The number of nitrogens with one attached hydrogen (secondary N) is 1. The van der Waals surface area contributed by atoms with Crippen molar-refractivity contribution >= 4 is 33.0 Å². The molecule has 3 N–H and O–H groups in total. The van der Waals surface area contributed by atoms with Crippen LogP contribution in [0.25, 0.3) is 10.1 Å². The summed E-state index contributed by atoms with van der Waals surface area (Å²) in [6.45, 7) is -1.51. The highest BCUT2D eigenvalue weighted by Crippen LogP contribution is 2.34. The van der Waals surface area contributed by atoms with Crippen molar-refractivity contribution in [3.05, 3.63) is 28.9 Å². The second-order valence-electron chi connectivity index (χ2n) is 4.23. The molecule has 0 radical (unpaired) electrons. The Bertz CT molecular complexity index is 686. The summed E-state index contributed by atoms with van der Waals surface area (Å²) in [5, 5.41) is 1.97. The number of halogens is 5. The third-order valence-corrected chi connectivity index (χ3v) is 3.88. The topological polar surface area (TPSA) is 55.1 Å². The number of thiophene rings is 1. The van der Waals surface area contributed by atoms with Crippen LogP contribution in [0.2, 0.25) is 0 Å². The molecule has 0 aliphatic rings. The molecule has 1 amide bonds. The van der Waals surface area contributed by atoms with Crippen molar-refractivity contribution in [2.75, 3.05) is 12.3 Å². The molecule has 0 atom stereocenters. The molecule has 0 spiro atoms. The van der Waals surface area contributed by atoms with Gasteiger partial charge in [-0.3, -0.25) is 4.79 Å². The fourth-order valence-corrected chi connectivity index (χ4v) is 2.63. The Balaban J connectivity index is 2.22. The highest BCUT2D eigenvalue weighted by Gasteiger charge is 2.41. The van der Waals surface area contributed by atoms with Gasteiger partial charge in [0.2, 0.25) is 0 Å². The minimum Gasteiger partial charge on any atom is -0.397 e. The van der Waals surface area contributed by atoms with Crippen LogP contribution in [0.4, 0.5) is 27.6 Å².